The van der Waals surface area contributed by atoms with Crippen LogP contribution >= 0.6 is 34.8 Å². The normalized spacial score (nSPS) is 15.1. The van der Waals surface area contributed by atoms with Gasteiger partial charge in [-0.15, -0.1) is 0 Å². The van der Waals surface area contributed by atoms with Gasteiger partial charge in [-0.2, -0.15) is 0 Å². The zero-order chi connectivity index (χ0) is 12.6. The van der Waals surface area contributed by atoms with Crippen molar-refractivity contribution in [2.24, 2.45) is 0 Å². The molecule has 0 fully saturated rings. The minimum atomic E-state index is -0.310. The van der Waals surface area contributed by atoms with Crippen LogP contribution in [0.2, 0.25) is 15.1 Å². The van der Waals surface area contributed by atoms with Crippen molar-refractivity contribution in [3.05, 3.63) is 51.0 Å². The zero-order valence-corrected chi connectivity index (χ0v) is 10.6. The monoisotopic (exact) mass is 286 g/mol. The molecule has 0 spiro atoms. The number of carbonyl (C=O) groups excluding carboxylic acids is 2. The van der Waals surface area contributed by atoms with Gasteiger partial charge in [-0.1, -0.05) is 34.8 Å². The molecule has 1 aliphatic rings. The maximum absolute atomic E-state index is 11.7. The Labute approximate surface area is 112 Å². The Morgan fingerprint density at radius 2 is 1.47 bits per heavy atom. The van der Waals surface area contributed by atoms with Gasteiger partial charge in [-0.3, -0.25) is 9.59 Å². The van der Waals surface area contributed by atoms with E-state index in [1.807, 2.05) is 0 Å². The van der Waals surface area contributed by atoms with E-state index >= 15 is 0 Å². The molecule has 2 nitrogen and oxygen atoms in total. The highest BCUT2D eigenvalue weighted by atomic mass is 35.5. The summed E-state index contributed by atoms with van der Waals surface area (Å²) in [6.07, 6.45) is 3.60. The molecular formula is C12H5Cl3O2. The molecule has 0 aliphatic heterocycles. The van der Waals surface area contributed by atoms with Crippen molar-refractivity contribution >= 4 is 51.9 Å². The maximum Gasteiger partial charge on any atom is 0.186 e. The lowest BCUT2D eigenvalue weighted by Gasteiger charge is -2.11. The van der Waals surface area contributed by atoms with Crippen LogP contribution < -0.4 is 0 Å². The summed E-state index contributed by atoms with van der Waals surface area (Å²) in [6.45, 7) is 0. The average Bonchev–Trinajstić information content (AvgIpc) is 2.21. The van der Waals surface area contributed by atoms with Gasteiger partial charge < -0.3 is 0 Å². The predicted molar refractivity (Wildman–Crippen MR) is 68.6 cm³/mol. The number of ketones is 2. The highest BCUT2D eigenvalue weighted by molar-refractivity contribution is 6.45. The van der Waals surface area contributed by atoms with Crippen molar-refractivity contribution < 1.29 is 9.59 Å². The fourth-order valence-electron chi connectivity index (χ4n) is 1.50. The van der Waals surface area contributed by atoms with E-state index in [9.17, 15) is 9.59 Å². The minimum absolute atomic E-state index is 0.184. The van der Waals surface area contributed by atoms with Crippen LogP contribution in [0.25, 0.3) is 5.57 Å². The molecule has 0 amide bonds. The first-order valence-electron chi connectivity index (χ1n) is 4.62. The Kier molecular flexibility index (Phi) is 3.38. The van der Waals surface area contributed by atoms with Crippen molar-refractivity contribution in [2.75, 3.05) is 0 Å². The SMILES string of the molecule is O=C1C=CC(=O)C(c2c(Cl)cc(Cl)cc2Cl)=C1. The van der Waals surface area contributed by atoms with Crippen LogP contribution in [0, 0.1) is 0 Å². The Morgan fingerprint density at radius 3 is 2.06 bits per heavy atom. The maximum atomic E-state index is 11.7. The van der Waals surface area contributed by atoms with Crippen LogP contribution in [0.3, 0.4) is 0 Å². The van der Waals surface area contributed by atoms with E-state index in [-0.39, 0.29) is 27.2 Å². The lowest BCUT2D eigenvalue weighted by atomic mass is 9.96. The topological polar surface area (TPSA) is 34.1 Å². The first kappa shape index (κ1) is 12.4. The lowest BCUT2D eigenvalue weighted by molar-refractivity contribution is -0.113. The number of benzene rings is 1. The molecular weight excluding hydrogens is 282 g/mol. The summed E-state index contributed by atoms with van der Waals surface area (Å²) in [5.41, 5.74) is 0.518. The fourth-order valence-corrected chi connectivity index (χ4v) is 2.52. The molecule has 0 saturated heterocycles. The van der Waals surface area contributed by atoms with Crippen molar-refractivity contribution in [1.29, 1.82) is 0 Å². The number of halogens is 3. The highest BCUT2D eigenvalue weighted by Crippen LogP contribution is 2.35. The van der Waals surface area contributed by atoms with Crippen LogP contribution in [0.1, 0.15) is 5.56 Å². The summed E-state index contributed by atoms with van der Waals surface area (Å²) < 4.78 is 0. The number of carbonyl (C=O) groups is 2. The van der Waals surface area contributed by atoms with E-state index < -0.39 is 0 Å². The molecule has 0 heterocycles. The quantitative estimate of drug-likeness (QED) is 0.737. The lowest BCUT2D eigenvalue weighted by Crippen LogP contribution is -2.07. The molecule has 0 saturated carbocycles. The predicted octanol–water partition coefficient (Wildman–Crippen LogP) is 3.74. The molecule has 5 heteroatoms. The minimum Gasteiger partial charge on any atom is -0.290 e. The summed E-state index contributed by atoms with van der Waals surface area (Å²) in [5.74, 6) is -0.586. The van der Waals surface area contributed by atoms with Gasteiger partial charge in [0.25, 0.3) is 0 Å². The van der Waals surface area contributed by atoms with Gasteiger partial charge in [-0.05, 0) is 30.4 Å². The Hall–Kier alpha value is -1.09. The van der Waals surface area contributed by atoms with Crippen molar-refractivity contribution in [1.82, 2.24) is 0 Å². The molecule has 1 aromatic carbocycles. The second-order valence-electron chi connectivity index (χ2n) is 3.40. The fraction of sp³-hybridized carbons (Fsp3) is 0. The summed E-state index contributed by atoms with van der Waals surface area (Å²) in [7, 11) is 0. The van der Waals surface area contributed by atoms with Gasteiger partial charge in [0.1, 0.15) is 0 Å². The Bertz CT molecular complexity index is 562. The van der Waals surface area contributed by atoms with Crippen molar-refractivity contribution in [3.8, 4) is 0 Å². The van der Waals surface area contributed by atoms with Gasteiger partial charge in [-0.25, -0.2) is 0 Å². The summed E-state index contributed by atoms with van der Waals surface area (Å²) >= 11 is 17.7. The van der Waals surface area contributed by atoms with Crippen LogP contribution in [-0.4, -0.2) is 11.6 Å². The largest absolute Gasteiger partial charge is 0.290 e. The van der Waals surface area contributed by atoms with E-state index in [2.05, 4.69) is 0 Å². The van der Waals surface area contributed by atoms with E-state index in [0.717, 1.165) is 0 Å². The van der Waals surface area contributed by atoms with Crippen molar-refractivity contribution in [2.45, 2.75) is 0 Å². The Balaban J connectivity index is 2.62. The van der Waals surface area contributed by atoms with E-state index in [0.29, 0.717) is 10.6 Å². The molecule has 0 aromatic heterocycles. The third kappa shape index (κ3) is 2.44. The van der Waals surface area contributed by atoms with Crippen LogP contribution in [-0.2, 0) is 9.59 Å². The first-order chi connectivity index (χ1) is 7.99. The van der Waals surface area contributed by atoms with Gasteiger partial charge in [0.15, 0.2) is 11.6 Å². The van der Waals surface area contributed by atoms with Crippen LogP contribution in [0.15, 0.2) is 30.4 Å². The van der Waals surface area contributed by atoms with E-state index in [1.165, 1.54) is 30.4 Å². The van der Waals surface area contributed by atoms with Gasteiger partial charge >= 0.3 is 0 Å². The van der Waals surface area contributed by atoms with E-state index in [1.54, 1.807) is 0 Å². The second-order valence-corrected chi connectivity index (χ2v) is 4.65. The Morgan fingerprint density at radius 1 is 0.882 bits per heavy atom. The van der Waals surface area contributed by atoms with Gasteiger partial charge in [0.2, 0.25) is 0 Å². The average molecular weight is 288 g/mol. The third-order valence-corrected chi connectivity index (χ3v) is 3.04. The van der Waals surface area contributed by atoms with Crippen molar-refractivity contribution in [3.63, 3.8) is 0 Å². The number of rotatable bonds is 1. The first-order valence-corrected chi connectivity index (χ1v) is 5.75. The third-order valence-electron chi connectivity index (χ3n) is 2.23. The molecule has 1 aliphatic carbocycles. The number of hydrogen-bond donors (Lipinski definition) is 0. The molecule has 0 atom stereocenters. The molecule has 1 aromatic rings. The van der Waals surface area contributed by atoms with Gasteiger partial charge in [0.05, 0.1) is 10.0 Å². The summed E-state index contributed by atoms with van der Waals surface area (Å²) in [5, 5.41) is 0.852. The smallest absolute Gasteiger partial charge is 0.186 e. The number of allylic oxidation sites excluding steroid dienone is 4. The summed E-state index contributed by atoms with van der Waals surface area (Å²) in [6, 6.07) is 2.95. The summed E-state index contributed by atoms with van der Waals surface area (Å²) in [4.78, 5) is 22.9. The van der Waals surface area contributed by atoms with Crippen LogP contribution in [0.4, 0.5) is 0 Å². The van der Waals surface area contributed by atoms with E-state index in [4.69, 9.17) is 34.8 Å². The van der Waals surface area contributed by atoms with Gasteiger partial charge in [0, 0.05) is 16.2 Å². The molecule has 2 rings (SSSR count). The second kappa shape index (κ2) is 4.65. The molecule has 0 bridgehead atoms. The van der Waals surface area contributed by atoms with Crippen LogP contribution in [0.5, 0.6) is 0 Å². The zero-order valence-electron chi connectivity index (χ0n) is 8.34. The molecule has 0 N–H and O–H groups in total. The molecule has 17 heavy (non-hydrogen) atoms. The molecule has 0 unspecified atom stereocenters. The molecule has 0 radical (unpaired) electrons. The number of hydrogen-bond acceptors (Lipinski definition) is 2. The standard InChI is InChI=1S/C12H5Cl3O2/c13-6-3-9(14)12(10(15)4-6)8-5-7(16)1-2-11(8)17/h1-5H. The molecule has 86 valence electrons. The highest BCUT2D eigenvalue weighted by Gasteiger charge is 2.20.